The molecule has 0 nitrogen and oxygen atoms in total. The standard InChI is InChI=1S/C20H15ClSe/c21-18-13-11-16(12-14-18)15-20(17-7-3-1-4-8-17)22-19-9-5-2-6-10-19/h1-15H/b20-15-. The summed E-state index contributed by atoms with van der Waals surface area (Å²) in [5.74, 6) is 0. The van der Waals surface area contributed by atoms with E-state index in [0.29, 0.717) is 0 Å². The number of rotatable bonds is 4. The fourth-order valence-electron chi connectivity index (χ4n) is 2.10. The summed E-state index contributed by atoms with van der Waals surface area (Å²) in [6, 6.07) is 29.2. The molecule has 3 rings (SSSR count). The molecule has 0 aliphatic rings. The van der Waals surface area contributed by atoms with Gasteiger partial charge in [0.15, 0.2) is 0 Å². The summed E-state index contributed by atoms with van der Waals surface area (Å²) in [7, 11) is 0. The van der Waals surface area contributed by atoms with Crippen molar-refractivity contribution in [1.82, 2.24) is 0 Å². The van der Waals surface area contributed by atoms with Crippen molar-refractivity contribution in [2.45, 2.75) is 0 Å². The second kappa shape index (κ2) is 7.47. The molecule has 3 aromatic rings. The molecule has 0 saturated carbocycles. The molecule has 0 aliphatic carbocycles. The quantitative estimate of drug-likeness (QED) is 0.455. The predicted octanol–water partition coefficient (Wildman–Crippen LogP) is 4.87. The molecular weight excluding hydrogens is 355 g/mol. The van der Waals surface area contributed by atoms with Gasteiger partial charge >= 0.3 is 143 Å². The molecule has 0 atom stereocenters. The maximum atomic E-state index is 5.98. The van der Waals surface area contributed by atoms with E-state index in [0.717, 1.165) is 5.02 Å². The van der Waals surface area contributed by atoms with Gasteiger partial charge in [-0.2, -0.15) is 0 Å². The van der Waals surface area contributed by atoms with Crippen LogP contribution in [0.3, 0.4) is 0 Å². The van der Waals surface area contributed by atoms with Gasteiger partial charge in [0.1, 0.15) is 0 Å². The van der Waals surface area contributed by atoms with Gasteiger partial charge < -0.3 is 0 Å². The van der Waals surface area contributed by atoms with Crippen LogP contribution in [0, 0.1) is 0 Å². The van der Waals surface area contributed by atoms with Crippen molar-refractivity contribution in [3.05, 3.63) is 101 Å². The predicted molar refractivity (Wildman–Crippen MR) is 97.6 cm³/mol. The Bertz CT molecular complexity index is 747. The average molecular weight is 370 g/mol. The van der Waals surface area contributed by atoms with E-state index in [-0.39, 0.29) is 15.0 Å². The Balaban J connectivity index is 1.97. The molecule has 0 aliphatic heterocycles. The van der Waals surface area contributed by atoms with Crippen LogP contribution in [0.2, 0.25) is 5.02 Å². The third kappa shape index (κ3) is 4.11. The van der Waals surface area contributed by atoms with E-state index in [1.54, 1.807) is 0 Å². The Morgan fingerprint density at radius 1 is 0.727 bits per heavy atom. The summed E-state index contributed by atoms with van der Waals surface area (Å²) in [4.78, 5) is 0. The number of halogens is 1. The number of hydrogen-bond acceptors (Lipinski definition) is 0. The zero-order chi connectivity index (χ0) is 15.2. The van der Waals surface area contributed by atoms with Crippen LogP contribution in [0.15, 0.2) is 84.9 Å². The molecule has 0 fully saturated rings. The first-order valence-corrected chi connectivity index (χ1v) is 9.16. The zero-order valence-corrected chi connectivity index (χ0v) is 14.4. The summed E-state index contributed by atoms with van der Waals surface area (Å²) in [5, 5.41) is 0.770. The average Bonchev–Trinajstić information content (AvgIpc) is 2.58. The number of benzene rings is 3. The van der Waals surface area contributed by atoms with Crippen LogP contribution in [0.1, 0.15) is 11.1 Å². The van der Waals surface area contributed by atoms with Gasteiger partial charge in [0.25, 0.3) is 0 Å². The fraction of sp³-hybridized carbons (Fsp3) is 0. The Hall–Kier alpha value is -1.79. The zero-order valence-electron chi connectivity index (χ0n) is 11.9. The van der Waals surface area contributed by atoms with E-state index < -0.39 is 0 Å². The first-order chi connectivity index (χ1) is 10.8. The minimum absolute atomic E-state index is 0.266. The second-order valence-corrected chi connectivity index (χ2v) is 7.62. The Labute approximate surface area is 142 Å². The van der Waals surface area contributed by atoms with Crippen LogP contribution in [0.4, 0.5) is 0 Å². The van der Waals surface area contributed by atoms with Crippen molar-refractivity contribution < 1.29 is 0 Å². The Kier molecular flexibility index (Phi) is 5.13. The molecule has 0 heterocycles. The second-order valence-electron chi connectivity index (χ2n) is 4.84. The van der Waals surface area contributed by atoms with Crippen LogP contribution in [0.5, 0.6) is 0 Å². The molecule has 22 heavy (non-hydrogen) atoms. The van der Waals surface area contributed by atoms with E-state index in [2.05, 4.69) is 78.9 Å². The van der Waals surface area contributed by atoms with Crippen molar-refractivity contribution in [3.63, 3.8) is 0 Å². The van der Waals surface area contributed by atoms with Crippen LogP contribution < -0.4 is 4.46 Å². The first kappa shape index (κ1) is 15.1. The van der Waals surface area contributed by atoms with Crippen molar-refractivity contribution >= 4 is 41.6 Å². The van der Waals surface area contributed by atoms with Gasteiger partial charge in [0.2, 0.25) is 0 Å². The van der Waals surface area contributed by atoms with Gasteiger partial charge in [-0.05, 0) is 0 Å². The summed E-state index contributed by atoms with van der Waals surface area (Å²) in [5.41, 5.74) is 2.46. The molecule has 0 amide bonds. The van der Waals surface area contributed by atoms with Gasteiger partial charge in [-0.1, -0.05) is 0 Å². The molecule has 0 radical (unpaired) electrons. The van der Waals surface area contributed by atoms with Crippen LogP contribution in [-0.2, 0) is 0 Å². The molecular formula is C20H15ClSe. The van der Waals surface area contributed by atoms with Crippen molar-refractivity contribution in [2.75, 3.05) is 0 Å². The minimum atomic E-state index is 0.266. The molecule has 0 unspecified atom stereocenters. The Morgan fingerprint density at radius 2 is 1.32 bits per heavy atom. The van der Waals surface area contributed by atoms with Gasteiger partial charge in [0, 0.05) is 0 Å². The maximum absolute atomic E-state index is 5.98. The summed E-state index contributed by atoms with van der Waals surface area (Å²) in [6.45, 7) is 0. The molecule has 0 saturated heterocycles. The molecule has 3 aromatic carbocycles. The van der Waals surface area contributed by atoms with Gasteiger partial charge in [-0.3, -0.25) is 0 Å². The normalized spacial score (nSPS) is 11.4. The molecule has 0 aromatic heterocycles. The first-order valence-electron chi connectivity index (χ1n) is 7.07. The summed E-state index contributed by atoms with van der Waals surface area (Å²) < 4.78 is 2.74. The molecule has 108 valence electrons. The summed E-state index contributed by atoms with van der Waals surface area (Å²) in [6.07, 6.45) is 2.26. The third-order valence-corrected chi connectivity index (χ3v) is 5.72. The van der Waals surface area contributed by atoms with E-state index in [1.807, 2.05) is 12.1 Å². The van der Waals surface area contributed by atoms with Crippen LogP contribution >= 0.6 is 11.6 Å². The van der Waals surface area contributed by atoms with Gasteiger partial charge in [-0.15, -0.1) is 0 Å². The van der Waals surface area contributed by atoms with Crippen molar-refractivity contribution in [1.29, 1.82) is 0 Å². The third-order valence-electron chi connectivity index (χ3n) is 3.20. The molecule has 0 bridgehead atoms. The topological polar surface area (TPSA) is 0 Å². The number of hydrogen-bond donors (Lipinski definition) is 0. The van der Waals surface area contributed by atoms with Crippen LogP contribution in [-0.4, -0.2) is 15.0 Å². The molecule has 2 heteroatoms. The van der Waals surface area contributed by atoms with Gasteiger partial charge in [0.05, 0.1) is 0 Å². The molecule has 0 spiro atoms. The van der Waals surface area contributed by atoms with Gasteiger partial charge in [-0.25, -0.2) is 0 Å². The Morgan fingerprint density at radius 3 is 1.95 bits per heavy atom. The molecule has 0 N–H and O–H groups in total. The summed E-state index contributed by atoms with van der Waals surface area (Å²) >= 11 is 6.24. The van der Waals surface area contributed by atoms with E-state index in [1.165, 1.54) is 20.1 Å². The monoisotopic (exact) mass is 370 g/mol. The van der Waals surface area contributed by atoms with Crippen LogP contribution in [0.25, 0.3) is 10.5 Å². The fourth-order valence-corrected chi connectivity index (χ4v) is 4.32. The van der Waals surface area contributed by atoms with E-state index in [4.69, 9.17) is 11.6 Å². The van der Waals surface area contributed by atoms with Crippen molar-refractivity contribution in [2.24, 2.45) is 0 Å². The van der Waals surface area contributed by atoms with E-state index >= 15 is 0 Å². The van der Waals surface area contributed by atoms with E-state index in [9.17, 15) is 0 Å². The van der Waals surface area contributed by atoms with Crippen molar-refractivity contribution in [3.8, 4) is 0 Å². The SMILES string of the molecule is Clc1ccc(/C=C(\[Se]c2ccccc2)c2ccccc2)cc1.